The maximum Gasteiger partial charge on any atom is 0.337 e. The standard InChI is InChI=1S/C15H20O3/c1-17-15(16)14-8-6-13(7-9-14)11-18-10-12-4-2-3-5-12/h6-9,12H,2-5,10-11H2,1H3. The van der Waals surface area contributed by atoms with Crippen molar-refractivity contribution >= 4 is 5.97 Å². The van der Waals surface area contributed by atoms with Crippen LogP contribution >= 0.6 is 0 Å². The third-order valence-electron chi connectivity index (χ3n) is 3.47. The molecule has 1 aliphatic carbocycles. The molecule has 18 heavy (non-hydrogen) atoms. The SMILES string of the molecule is COC(=O)c1ccc(COCC2CCCC2)cc1. The zero-order valence-electron chi connectivity index (χ0n) is 10.9. The van der Waals surface area contributed by atoms with Crippen LogP contribution in [-0.4, -0.2) is 19.7 Å². The van der Waals surface area contributed by atoms with Gasteiger partial charge in [0.05, 0.1) is 19.3 Å². The lowest BCUT2D eigenvalue weighted by Crippen LogP contribution is -2.06. The topological polar surface area (TPSA) is 35.5 Å². The van der Waals surface area contributed by atoms with Crippen LogP contribution in [0, 0.1) is 5.92 Å². The molecule has 0 heterocycles. The highest BCUT2D eigenvalue weighted by Crippen LogP contribution is 2.24. The zero-order chi connectivity index (χ0) is 12.8. The van der Waals surface area contributed by atoms with Crippen LogP contribution < -0.4 is 0 Å². The van der Waals surface area contributed by atoms with E-state index in [2.05, 4.69) is 4.74 Å². The van der Waals surface area contributed by atoms with Crippen molar-refractivity contribution in [1.29, 1.82) is 0 Å². The second-order valence-electron chi connectivity index (χ2n) is 4.85. The van der Waals surface area contributed by atoms with Crippen molar-refractivity contribution in [3.05, 3.63) is 35.4 Å². The van der Waals surface area contributed by atoms with E-state index in [-0.39, 0.29) is 5.97 Å². The molecule has 98 valence electrons. The van der Waals surface area contributed by atoms with E-state index >= 15 is 0 Å². The molecule has 0 N–H and O–H groups in total. The molecule has 1 aliphatic rings. The molecule has 1 saturated carbocycles. The third kappa shape index (κ3) is 3.57. The van der Waals surface area contributed by atoms with E-state index in [0.717, 1.165) is 18.1 Å². The van der Waals surface area contributed by atoms with E-state index in [9.17, 15) is 4.79 Å². The van der Waals surface area contributed by atoms with Crippen LogP contribution in [0.15, 0.2) is 24.3 Å². The predicted octanol–water partition coefficient (Wildman–Crippen LogP) is 3.18. The number of rotatable bonds is 5. The molecule has 0 aliphatic heterocycles. The number of hydrogen-bond acceptors (Lipinski definition) is 3. The highest BCUT2D eigenvalue weighted by Gasteiger charge is 2.14. The summed E-state index contributed by atoms with van der Waals surface area (Å²) in [4.78, 5) is 11.3. The van der Waals surface area contributed by atoms with Gasteiger partial charge in [-0.25, -0.2) is 4.79 Å². The fourth-order valence-corrected chi connectivity index (χ4v) is 2.38. The summed E-state index contributed by atoms with van der Waals surface area (Å²) in [5, 5.41) is 0. The lowest BCUT2D eigenvalue weighted by molar-refractivity contribution is 0.0600. The van der Waals surface area contributed by atoms with Gasteiger partial charge in [-0.3, -0.25) is 0 Å². The zero-order valence-corrected chi connectivity index (χ0v) is 10.9. The fraction of sp³-hybridized carbons (Fsp3) is 0.533. The first-order valence-corrected chi connectivity index (χ1v) is 6.54. The highest BCUT2D eigenvalue weighted by atomic mass is 16.5. The summed E-state index contributed by atoms with van der Waals surface area (Å²) in [6, 6.07) is 7.39. The van der Waals surface area contributed by atoms with Crippen LogP contribution in [0.5, 0.6) is 0 Å². The molecule has 0 unspecified atom stereocenters. The average molecular weight is 248 g/mol. The Hall–Kier alpha value is -1.35. The van der Waals surface area contributed by atoms with E-state index in [1.165, 1.54) is 32.8 Å². The van der Waals surface area contributed by atoms with Gasteiger partial charge in [-0.1, -0.05) is 25.0 Å². The molecule has 3 nitrogen and oxygen atoms in total. The van der Waals surface area contributed by atoms with Gasteiger partial charge in [-0.15, -0.1) is 0 Å². The summed E-state index contributed by atoms with van der Waals surface area (Å²) in [6.45, 7) is 1.48. The van der Waals surface area contributed by atoms with Gasteiger partial charge >= 0.3 is 5.97 Å². The van der Waals surface area contributed by atoms with E-state index in [4.69, 9.17) is 4.74 Å². The van der Waals surface area contributed by atoms with Gasteiger partial charge in [-0.2, -0.15) is 0 Å². The molecule has 0 bridgehead atoms. The molecular weight excluding hydrogens is 228 g/mol. The molecular formula is C15H20O3. The summed E-state index contributed by atoms with van der Waals surface area (Å²) in [5.41, 5.74) is 1.68. The minimum absolute atomic E-state index is 0.298. The predicted molar refractivity (Wildman–Crippen MR) is 69.4 cm³/mol. The first kappa shape index (κ1) is 13.1. The van der Waals surface area contributed by atoms with Gasteiger partial charge in [-0.05, 0) is 36.5 Å². The van der Waals surface area contributed by atoms with Crippen molar-refractivity contribution in [1.82, 2.24) is 0 Å². The molecule has 1 fully saturated rings. The van der Waals surface area contributed by atoms with Crippen LogP contribution in [0.4, 0.5) is 0 Å². The Morgan fingerprint density at radius 2 is 1.89 bits per heavy atom. The summed E-state index contributed by atoms with van der Waals surface area (Å²) >= 11 is 0. The molecule has 0 spiro atoms. The van der Waals surface area contributed by atoms with E-state index in [0.29, 0.717) is 12.2 Å². The van der Waals surface area contributed by atoms with Crippen molar-refractivity contribution in [2.24, 2.45) is 5.92 Å². The number of benzene rings is 1. The maximum absolute atomic E-state index is 11.3. The van der Waals surface area contributed by atoms with Gasteiger partial charge in [0.1, 0.15) is 0 Å². The second-order valence-corrected chi connectivity index (χ2v) is 4.85. The van der Waals surface area contributed by atoms with Gasteiger partial charge < -0.3 is 9.47 Å². The van der Waals surface area contributed by atoms with Crippen LogP contribution in [-0.2, 0) is 16.1 Å². The monoisotopic (exact) mass is 248 g/mol. The molecule has 1 aromatic rings. The highest BCUT2D eigenvalue weighted by molar-refractivity contribution is 5.89. The first-order valence-electron chi connectivity index (χ1n) is 6.54. The number of methoxy groups -OCH3 is 1. The maximum atomic E-state index is 11.3. The van der Waals surface area contributed by atoms with Crippen LogP contribution in [0.1, 0.15) is 41.6 Å². The smallest absolute Gasteiger partial charge is 0.337 e. The van der Waals surface area contributed by atoms with Gasteiger partial charge in [0, 0.05) is 6.61 Å². The van der Waals surface area contributed by atoms with E-state index in [1.54, 1.807) is 12.1 Å². The molecule has 0 aromatic heterocycles. The molecule has 3 heteroatoms. The Kier molecular flexibility index (Phi) is 4.76. The Balaban J connectivity index is 1.77. The average Bonchev–Trinajstić information content (AvgIpc) is 2.92. The lowest BCUT2D eigenvalue weighted by atomic mass is 10.1. The largest absolute Gasteiger partial charge is 0.465 e. The quantitative estimate of drug-likeness (QED) is 0.751. The van der Waals surface area contributed by atoms with Gasteiger partial charge in [0.2, 0.25) is 0 Å². The van der Waals surface area contributed by atoms with Gasteiger partial charge in [0.25, 0.3) is 0 Å². The van der Waals surface area contributed by atoms with Crippen LogP contribution in [0.2, 0.25) is 0 Å². The van der Waals surface area contributed by atoms with Gasteiger partial charge in [0.15, 0.2) is 0 Å². The molecule has 0 saturated heterocycles. The van der Waals surface area contributed by atoms with Crippen molar-refractivity contribution < 1.29 is 14.3 Å². The fourth-order valence-electron chi connectivity index (χ4n) is 2.38. The van der Waals surface area contributed by atoms with E-state index < -0.39 is 0 Å². The molecule has 0 amide bonds. The lowest BCUT2D eigenvalue weighted by Gasteiger charge is -2.10. The first-order chi connectivity index (χ1) is 8.79. The number of carbonyl (C=O) groups excluding carboxylic acids is 1. The number of hydrogen-bond donors (Lipinski definition) is 0. The number of esters is 1. The molecule has 0 atom stereocenters. The Bertz CT molecular complexity index is 377. The summed E-state index contributed by atoms with van der Waals surface area (Å²) < 4.78 is 10.4. The summed E-state index contributed by atoms with van der Waals surface area (Å²) in [5.74, 6) is 0.452. The van der Waals surface area contributed by atoms with E-state index in [1.807, 2.05) is 12.1 Å². The summed E-state index contributed by atoms with van der Waals surface area (Å²) in [6.07, 6.45) is 5.31. The molecule has 1 aromatic carbocycles. The van der Waals surface area contributed by atoms with Crippen LogP contribution in [0.25, 0.3) is 0 Å². The Morgan fingerprint density at radius 3 is 2.50 bits per heavy atom. The molecule has 2 rings (SSSR count). The minimum Gasteiger partial charge on any atom is -0.465 e. The third-order valence-corrected chi connectivity index (χ3v) is 3.47. The van der Waals surface area contributed by atoms with Crippen LogP contribution in [0.3, 0.4) is 0 Å². The Labute approximate surface area is 108 Å². The van der Waals surface area contributed by atoms with Crippen molar-refractivity contribution in [3.8, 4) is 0 Å². The minimum atomic E-state index is -0.298. The number of ether oxygens (including phenoxy) is 2. The Morgan fingerprint density at radius 1 is 1.22 bits per heavy atom. The van der Waals surface area contributed by atoms with Crippen molar-refractivity contribution in [2.45, 2.75) is 32.3 Å². The molecule has 0 radical (unpaired) electrons. The number of carbonyl (C=O) groups is 1. The normalized spacial score (nSPS) is 15.8. The summed E-state index contributed by atoms with van der Waals surface area (Å²) in [7, 11) is 1.39. The van der Waals surface area contributed by atoms with Crippen molar-refractivity contribution in [3.63, 3.8) is 0 Å². The van der Waals surface area contributed by atoms with Crippen molar-refractivity contribution in [2.75, 3.05) is 13.7 Å². The second kappa shape index (κ2) is 6.55.